The molecule has 6 heteroatoms. The van der Waals surface area contributed by atoms with E-state index in [-0.39, 0.29) is 11.4 Å². The van der Waals surface area contributed by atoms with Crippen LogP contribution in [0.15, 0.2) is 36.5 Å². The van der Waals surface area contributed by atoms with Crippen LogP contribution in [-0.4, -0.2) is 50.5 Å². The zero-order valence-corrected chi connectivity index (χ0v) is 14.2. The summed E-state index contributed by atoms with van der Waals surface area (Å²) in [4.78, 5) is 21.1. The predicted molar refractivity (Wildman–Crippen MR) is 91.5 cm³/mol. The second-order valence-corrected chi connectivity index (χ2v) is 7.38. The van der Waals surface area contributed by atoms with Gasteiger partial charge < -0.3 is 14.2 Å². The molecule has 4 heterocycles. The minimum absolute atomic E-state index is 0.0563. The van der Waals surface area contributed by atoms with E-state index in [4.69, 9.17) is 4.74 Å². The Kier molecular flexibility index (Phi) is 3.43. The second kappa shape index (κ2) is 5.68. The molecule has 3 aliphatic heterocycles. The Labute approximate surface area is 147 Å². The number of amides is 1. The Morgan fingerprint density at radius 1 is 1.16 bits per heavy atom. The second-order valence-electron chi connectivity index (χ2n) is 7.38. The molecule has 6 nitrogen and oxygen atoms in total. The van der Waals surface area contributed by atoms with Gasteiger partial charge in [0.25, 0.3) is 0 Å². The van der Waals surface area contributed by atoms with Crippen molar-refractivity contribution in [2.45, 2.75) is 38.2 Å². The number of hydrogen-bond donors (Lipinski definition) is 0. The summed E-state index contributed by atoms with van der Waals surface area (Å²) in [6, 6.07) is 10.3. The number of hydrogen-bond acceptors (Lipinski definition) is 4. The monoisotopic (exact) mass is 338 g/mol. The Morgan fingerprint density at radius 3 is 2.80 bits per heavy atom. The van der Waals surface area contributed by atoms with Crippen LogP contribution in [0.25, 0.3) is 0 Å². The van der Waals surface area contributed by atoms with Crippen molar-refractivity contribution in [2.75, 3.05) is 19.7 Å². The molecule has 2 aromatic rings. The number of nitrogens with zero attached hydrogens (tertiary/aromatic N) is 4. The van der Waals surface area contributed by atoms with Crippen LogP contribution in [0.1, 0.15) is 23.5 Å². The molecule has 0 saturated carbocycles. The normalized spacial score (nSPS) is 21.8. The van der Waals surface area contributed by atoms with Gasteiger partial charge >= 0.3 is 0 Å². The summed E-state index contributed by atoms with van der Waals surface area (Å²) in [7, 11) is 0. The lowest BCUT2D eigenvalue weighted by Gasteiger charge is -2.62. The van der Waals surface area contributed by atoms with E-state index in [1.165, 1.54) is 11.3 Å². The van der Waals surface area contributed by atoms with E-state index in [0.717, 1.165) is 45.2 Å². The zero-order chi connectivity index (χ0) is 16.9. The first-order valence-corrected chi connectivity index (χ1v) is 8.91. The van der Waals surface area contributed by atoms with Gasteiger partial charge in [0.1, 0.15) is 12.4 Å². The smallest absolute Gasteiger partial charge is 0.225 e. The van der Waals surface area contributed by atoms with Crippen molar-refractivity contribution >= 4 is 5.91 Å². The number of rotatable bonds is 4. The summed E-state index contributed by atoms with van der Waals surface area (Å²) in [5.74, 6) is 1.31. The number of β-lactam (4-membered cyclic amide) rings is 1. The van der Waals surface area contributed by atoms with E-state index in [0.29, 0.717) is 13.0 Å². The van der Waals surface area contributed by atoms with Crippen molar-refractivity contribution in [2.24, 2.45) is 0 Å². The van der Waals surface area contributed by atoms with Gasteiger partial charge in [0, 0.05) is 38.9 Å². The van der Waals surface area contributed by atoms with Gasteiger partial charge in [-0.1, -0.05) is 30.3 Å². The lowest BCUT2D eigenvalue weighted by molar-refractivity contribution is -0.178. The molecule has 2 fully saturated rings. The van der Waals surface area contributed by atoms with E-state index in [1.807, 2.05) is 24.4 Å². The van der Waals surface area contributed by atoms with E-state index < -0.39 is 0 Å². The molecule has 0 aliphatic carbocycles. The van der Waals surface area contributed by atoms with Crippen molar-refractivity contribution in [1.29, 1.82) is 0 Å². The number of imidazole rings is 1. The van der Waals surface area contributed by atoms with Crippen LogP contribution in [0.4, 0.5) is 0 Å². The van der Waals surface area contributed by atoms with E-state index in [9.17, 15) is 4.79 Å². The topological polar surface area (TPSA) is 50.6 Å². The molecule has 0 N–H and O–H groups in total. The number of likely N-dealkylation sites (tertiary alicyclic amines) is 2. The first-order chi connectivity index (χ1) is 12.2. The molecule has 0 atom stereocenters. The summed E-state index contributed by atoms with van der Waals surface area (Å²) in [6.07, 6.45) is 2.66. The largest absolute Gasteiger partial charge is 0.372 e. The fourth-order valence-electron chi connectivity index (χ4n) is 4.36. The van der Waals surface area contributed by atoms with Gasteiger partial charge in [-0.15, -0.1) is 0 Å². The summed E-state index contributed by atoms with van der Waals surface area (Å²) in [5, 5.41) is 0. The Balaban J connectivity index is 1.23. The number of benzene rings is 1. The maximum atomic E-state index is 12.1. The van der Waals surface area contributed by atoms with Crippen molar-refractivity contribution in [3.63, 3.8) is 0 Å². The van der Waals surface area contributed by atoms with E-state index >= 15 is 0 Å². The molecule has 1 spiro atoms. The number of aromatic nitrogens is 2. The minimum atomic E-state index is 0.0563. The first kappa shape index (κ1) is 15.1. The number of carbonyl (C=O) groups is 1. The number of fused-ring (bicyclic) bond motifs is 1. The summed E-state index contributed by atoms with van der Waals surface area (Å²) in [6.45, 7) is 5.82. The zero-order valence-electron chi connectivity index (χ0n) is 14.2. The summed E-state index contributed by atoms with van der Waals surface area (Å²) >= 11 is 0. The van der Waals surface area contributed by atoms with Crippen LogP contribution in [0, 0.1) is 0 Å². The fraction of sp³-hybridized carbons (Fsp3) is 0.474. The fourth-order valence-corrected chi connectivity index (χ4v) is 4.36. The third-order valence-electron chi connectivity index (χ3n) is 5.67. The molecule has 130 valence electrons. The number of ether oxygens (including phenoxy) is 1. The van der Waals surface area contributed by atoms with Gasteiger partial charge in [0.05, 0.1) is 24.3 Å². The highest BCUT2D eigenvalue weighted by Gasteiger charge is 2.57. The molecule has 2 saturated heterocycles. The third-order valence-corrected chi connectivity index (χ3v) is 5.67. The van der Waals surface area contributed by atoms with Crippen LogP contribution < -0.4 is 0 Å². The Bertz CT molecular complexity index is 795. The molecule has 5 rings (SSSR count). The lowest BCUT2D eigenvalue weighted by Crippen LogP contribution is -2.78. The summed E-state index contributed by atoms with van der Waals surface area (Å²) in [5.41, 5.74) is 2.52. The lowest BCUT2D eigenvalue weighted by atomic mass is 9.76. The summed E-state index contributed by atoms with van der Waals surface area (Å²) < 4.78 is 7.74. The average Bonchev–Trinajstić information content (AvgIpc) is 3.02. The van der Waals surface area contributed by atoms with Gasteiger partial charge in [-0.05, 0) is 5.56 Å². The first-order valence-electron chi connectivity index (χ1n) is 8.91. The molecule has 1 aromatic heterocycles. The highest BCUT2D eigenvalue weighted by Crippen LogP contribution is 2.41. The molecule has 1 aromatic carbocycles. The standard InChI is InChI=1S/C19H22N4O2/c24-18-8-19(23(18)10-15-4-2-1-3-5-15)13-21(14-19)11-16-9-20-17-12-25-7-6-22(16)17/h1-5,9H,6-8,10-14H2. The molecule has 0 unspecified atom stereocenters. The van der Waals surface area contributed by atoms with Crippen LogP contribution in [0.3, 0.4) is 0 Å². The number of carbonyl (C=O) groups excluding carboxylic acids is 1. The molecular weight excluding hydrogens is 316 g/mol. The van der Waals surface area contributed by atoms with E-state index in [1.54, 1.807) is 0 Å². The molecule has 0 bridgehead atoms. The van der Waals surface area contributed by atoms with Gasteiger partial charge in [0.15, 0.2) is 0 Å². The van der Waals surface area contributed by atoms with Gasteiger partial charge in [0.2, 0.25) is 5.91 Å². The third kappa shape index (κ3) is 2.48. The van der Waals surface area contributed by atoms with Crippen molar-refractivity contribution in [1.82, 2.24) is 19.4 Å². The van der Waals surface area contributed by atoms with Crippen molar-refractivity contribution in [3.8, 4) is 0 Å². The van der Waals surface area contributed by atoms with Crippen LogP contribution >= 0.6 is 0 Å². The SMILES string of the molecule is O=C1CC2(CN(Cc3cnc4n3CCOC4)C2)N1Cc1ccccc1. The highest BCUT2D eigenvalue weighted by atomic mass is 16.5. The van der Waals surface area contributed by atoms with Crippen molar-refractivity contribution < 1.29 is 9.53 Å². The van der Waals surface area contributed by atoms with Gasteiger partial charge in [-0.2, -0.15) is 0 Å². The molecule has 3 aliphatic rings. The quantitative estimate of drug-likeness (QED) is 0.791. The van der Waals surface area contributed by atoms with E-state index in [2.05, 4.69) is 31.5 Å². The van der Waals surface area contributed by atoms with Crippen LogP contribution in [0.2, 0.25) is 0 Å². The molecule has 0 radical (unpaired) electrons. The maximum Gasteiger partial charge on any atom is 0.225 e. The molecule has 1 amide bonds. The van der Waals surface area contributed by atoms with Crippen LogP contribution in [-0.2, 0) is 35.8 Å². The van der Waals surface area contributed by atoms with Crippen molar-refractivity contribution in [3.05, 3.63) is 53.6 Å². The average molecular weight is 338 g/mol. The predicted octanol–water partition coefficient (Wildman–Crippen LogP) is 1.40. The highest BCUT2D eigenvalue weighted by molar-refractivity contribution is 5.85. The van der Waals surface area contributed by atoms with Gasteiger partial charge in [-0.3, -0.25) is 9.69 Å². The molecular formula is C19H22N4O2. The Hall–Kier alpha value is -2.18. The molecule has 25 heavy (non-hydrogen) atoms. The Morgan fingerprint density at radius 2 is 2.00 bits per heavy atom. The van der Waals surface area contributed by atoms with Gasteiger partial charge in [-0.25, -0.2) is 4.98 Å². The van der Waals surface area contributed by atoms with Crippen LogP contribution in [0.5, 0.6) is 0 Å². The maximum absolute atomic E-state index is 12.1. The minimum Gasteiger partial charge on any atom is -0.372 e.